The van der Waals surface area contributed by atoms with Gasteiger partial charge in [0.25, 0.3) is 0 Å². The number of methoxy groups -OCH3 is 1. The number of esters is 1. The van der Waals surface area contributed by atoms with Crippen LogP contribution in [-0.2, 0) is 9.53 Å². The van der Waals surface area contributed by atoms with E-state index in [0.717, 1.165) is 0 Å². The van der Waals surface area contributed by atoms with Crippen LogP contribution in [0.4, 0.5) is 0 Å². The van der Waals surface area contributed by atoms with E-state index in [4.69, 9.17) is 0 Å². The molecule has 1 heterocycles. The zero-order valence-corrected chi connectivity index (χ0v) is 6.40. The first-order valence-electron chi connectivity index (χ1n) is 3.24. The summed E-state index contributed by atoms with van der Waals surface area (Å²) in [6.07, 6.45) is 1.43. The quantitative estimate of drug-likeness (QED) is 0.596. The molecule has 0 aliphatic carbocycles. The van der Waals surface area contributed by atoms with E-state index < -0.39 is 0 Å². The van der Waals surface area contributed by atoms with Gasteiger partial charge in [-0.15, -0.1) is 0 Å². The van der Waals surface area contributed by atoms with Gasteiger partial charge in [0.15, 0.2) is 0 Å². The van der Waals surface area contributed by atoms with Gasteiger partial charge in [0.05, 0.1) is 18.7 Å². The molecule has 1 aromatic rings. The Kier molecular flexibility index (Phi) is 2.25. The minimum absolute atomic E-state index is 0.307. The molecule has 0 aliphatic heterocycles. The normalized spacial score (nSPS) is 12.5. The Balaban J connectivity index is 2.70. The Morgan fingerprint density at radius 2 is 2.55 bits per heavy atom. The van der Waals surface area contributed by atoms with Crippen molar-refractivity contribution in [2.75, 3.05) is 7.11 Å². The predicted octanol–water partition coefficient (Wildman–Crippen LogP) is 0.951. The minimum atomic E-state index is -0.348. The lowest BCUT2D eigenvalue weighted by Gasteiger charge is -2.02. The average Bonchev–Trinajstić information content (AvgIpc) is 2.53. The summed E-state index contributed by atoms with van der Waals surface area (Å²) in [6, 6.07) is 1.64. The Morgan fingerprint density at radius 1 is 1.82 bits per heavy atom. The number of hydrogen-bond acceptors (Lipinski definition) is 4. The van der Waals surface area contributed by atoms with Crippen molar-refractivity contribution in [3.8, 4) is 0 Å². The molecule has 0 N–H and O–H groups in total. The molecular formula is C7H9NO3. The van der Waals surface area contributed by atoms with Crippen LogP contribution in [0.5, 0.6) is 0 Å². The van der Waals surface area contributed by atoms with E-state index in [0.29, 0.717) is 5.69 Å². The maximum absolute atomic E-state index is 10.9. The van der Waals surface area contributed by atoms with Crippen LogP contribution in [-0.4, -0.2) is 18.2 Å². The lowest BCUT2D eigenvalue weighted by Crippen LogP contribution is -2.10. The SMILES string of the molecule is COC(=O)C(C)c1ccon1. The van der Waals surface area contributed by atoms with E-state index in [1.807, 2.05) is 0 Å². The molecule has 1 aromatic heterocycles. The first-order valence-corrected chi connectivity index (χ1v) is 3.24. The van der Waals surface area contributed by atoms with Gasteiger partial charge >= 0.3 is 5.97 Å². The molecule has 1 atom stereocenters. The molecule has 0 bridgehead atoms. The molecule has 11 heavy (non-hydrogen) atoms. The van der Waals surface area contributed by atoms with Gasteiger partial charge < -0.3 is 9.26 Å². The molecule has 0 amide bonds. The highest BCUT2D eigenvalue weighted by atomic mass is 16.5. The van der Waals surface area contributed by atoms with Crippen molar-refractivity contribution in [3.63, 3.8) is 0 Å². The van der Waals surface area contributed by atoms with E-state index in [-0.39, 0.29) is 11.9 Å². The standard InChI is InChI=1S/C7H9NO3/c1-5(7(9)10-2)6-3-4-11-8-6/h3-5H,1-2H3. The monoisotopic (exact) mass is 155 g/mol. The molecule has 0 aromatic carbocycles. The van der Waals surface area contributed by atoms with Crippen molar-refractivity contribution in [1.82, 2.24) is 5.16 Å². The summed E-state index contributed by atoms with van der Waals surface area (Å²) >= 11 is 0. The summed E-state index contributed by atoms with van der Waals surface area (Å²) in [7, 11) is 1.35. The topological polar surface area (TPSA) is 52.3 Å². The van der Waals surface area contributed by atoms with E-state index >= 15 is 0 Å². The largest absolute Gasteiger partial charge is 0.469 e. The highest BCUT2D eigenvalue weighted by Crippen LogP contribution is 2.13. The molecule has 4 nitrogen and oxygen atoms in total. The molecule has 60 valence electrons. The molecule has 1 rings (SSSR count). The molecular weight excluding hydrogens is 146 g/mol. The Morgan fingerprint density at radius 3 is 3.00 bits per heavy atom. The summed E-state index contributed by atoms with van der Waals surface area (Å²) in [5.41, 5.74) is 0.594. The third-order valence-electron chi connectivity index (χ3n) is 1.46. The van der Waals surface area contributed by atoms with E-state index in [1.54, 1.807) is 13.0 Å². The number of rotatable bonds is 2. The summed E-state index contributed by atoms with van der Waals surface area (Å²) in [6.45, 7) is 1.71. The molecule has 0 saturated carbocycles. The van der Waals surface area contributed by atoms with Crippen molar-refractivity contribution in [1.29, 1.82) is 0 Å². The number of ether oxygens (including phenoxy) is 1. The van der Waals surface area contributed by atoms with E-state index in [1.165, 1.54) is 13.4 Å². The highest BCUT2D eigenvalue weighted by molar-refractivity contribution is 5.76. The number of carbonyl (C=O) groups is 1. The minimum Gasteiger partial charge on any atom is -0.469 e. The van der Waals surface area contributed by atoms with E-state index in [2.05, 4.69) is 14.4 Å². The summed E-state index contributed by atoms with van der Waals surface area (Å²) in [5.74, 6) is -0.655. The van der Waals surface area contributed by atoms with Crippen LogP contribution in [0.3, 0.4) is 0 Å². The van der Waals surface area contributed by atoms with Gasteiger partial charge in [-0.25, -0.2) is 0 Å². The second-order valence-corrected chi connectivity index (χ2v) is 2.17. The molecule has 1 unspecified atom stereocenters. The molecule has 0 aliphatic rings. The van der Waals surface area contributed by atoms with Crippen molar-refractivity contribution in [2.24, 2.45) is 0 Å². The number of hydrogen-bond donors (Lipinski definition) is 0. The Bertz CT molecular complexity index is 230. The molecule has 0 fully saturated rings. The van der Waals surface area contributed by atoms with Crippen LogP contribution < -0.4 is 0 Å². The van der Waals surface area contributed by atoms with Crippen LogP contribution in [0.15, 0.2) is 16.9 Å². The molecule has 4 heteroatoms. The maximum atomic E-state index is 10.9. The Hall–Kier alpha value is -1.32. The van der Waals surface area contributed by atoms with Crippen LogP contribution in [0.25, 0.3) is 0 Å². The third kappa shape index (κ3) is 1.58. The van der Waals surface area contributed by atoms with Gasteiger partial charge in [0.2, 0.25) is 0 Å². The fourth-order valence-corrected chi connectivity index (χ4v) is 0.743. The van der Waals surface area contributed by atoms with Crippen LogP contribution in [0.2, 0.25) is 0 Å². The number of carbonyl (C=O) groups excluding carboxylic acids is 1. The van der Waals surface area contributed by atoms with Gasteiger partial charge in [-0.3, -0.25) is 4.79 Å². The summed E-state index contributed by atoms with van der Waals surface area (Å²) < 4.78 is 9.09. The van der Waals surface area contributed by atoms with E-state index in [9.17, 15) is 4.79 Å². The van der Waals surface area contributed by atoms with Gasteiger partial charge in [0.1, 0.15) is 6.26 Å². The molecule has 0 spiro atoms. The van der Waals surface area contributed by atoms with Gasteiger partial charge in [0, 0.05) is 6.07 Å². The highest BCUT2D eigenvalue weighted by Gasteiger charge is 2.17. The zero-order chi connectivity index (χ0) is 8.27. The summed E-state index contributed by atoms with van der Waals surface area (Å²) in [5, 5.41) is 3.61. The first kappa shape index (κ1) is 7.78. The zero-order valence-electron chi connectivity index (χ0n) is 6.40. The lowest BCUT2D eigenvalue weighted by molar-refractivity contribution is -0.142. The van der Waals surface area contributed by atoms with Crippen LogP contribution in [0.1, 0.15) is 18.5 Å². The molecule has 0 radical (unpaired) electrons. The average molecular weight is 155 g/mol. The Labute approximate surface area is 64.1 Å². The number of nitrogens with zero attached hydrogens (tertiary/aromatic N) is 1. The van der Waals surface area contributed by atoms with Crippen molar-refractivity contribution >= 4 is 5.97 Å². The third-order valence-corrected chi connectivity index (χ3v) is 1.46. The number of aromatic nitrogens is 1. The van der Waals surface area contributed by atoms with Crippen molar-refractivity contribution in [3.05, 3.63) is 18.0 Å². The second-order valence-electron chi connectivity index (χ2n) is 2.17. The first-order chi connectivity index (χ1) is 5.25. The van der Waals surface area contributed by atoms with Crippen molar-refractivity contribution in [2.45, 2.75) is 12.8 Å². The fourth-order valence-electron chi connectivity index (χ4n) is 0.743. The predicted molar refractivity (Wildman–Crippen MR) is 36.9 cm³/mol. The maximum Gasteiger partial charge on any atom is 0.314 e. The smallest absolute Gasteiger partial charge is 0.314 e. The second kappa shape index (κ2) is 3.18. The molecule has 0 saturated heterocycles. The van der Waals surface area contributed by atoms with Crippen LogP contribution in [0, 0.1) is 0 Å². The van der Waals surface area contributed by atoms with Gasteiger partial charge in [-0.05, 0) is 6.92 Å². The van der Waals surface area contributed by atoms with Crippen molar-refractivity contribution < 1.29 is 14.1 Å². The van der Waals surface area contributed by atoms with Crippen LogP contribution >= 0.6 is 0 Å². The van der Waals surface area contributed by atoms with Gasteiger partial charge in [-0.2, -0.15) is 0 Å². The van der Waals surface area contributed by atoms with Gasteiger partial charge in [-0.1, -0.05) is 5.16 Å². The fraction of sp³-hybridized carbons (Fsp3) is 0.429. The summed E-state index contributed by atoms with van der Waals surface area (Å²) in [4.78, 5) is 10.9. The lowest BCUT2D eigenvalue weighted by atomic mass is 10.1.